The molecule has 0 saturated carbocycles. The van der Waals surface area contributed by atoms with Crippen LogP contribution in [0, 0.1) is 0 Å². The van der Waals surface area contributed by atoms with Crippen molar-refractivity contribution in [3.8, 4) is 5.88 Å². The number of hydrogen-bond donors (Lipinski definition) is 2. The Balaban J connectivity index is 3.00. The van der Waals surface area contributed by atoms with E-state index in [1.54, 1.807) is 18.3 Å². The summed E-state index contributed by atoms with van der Waals surface area (Å²) in [5, 5.41) is 8.91. The van der Waals surface area contributed by atoms with Crippen molar-refractivity contribution in [2.45, 2.75) is 31.7 Å². The zero-order chi connectivity index (χ0) is 13.1. The zero-order valence-corrected chi connectivity index (χ0v) is 10.3. The van der Waals surface area contributed by atoms with Crippen LogP contribution in [0.4, 0.5) is 0 Å². The van der Waals surface area contributed by atoms with E-state index in [9.17, 15) is 4.79 Å². The number of aromatic nitrogens is 1. The number of rotatable bonds is 5. The lowest BCUT2D eigenvalue weighted by atomic mass is 9.81. The summed E-state index contributed by atoms with van der Waals surface area (Å²) in [4.78, 5) is 14.9. The van der Waals surface area contributed by atoms with Crippen LogP contribution in [0.5, 0.6) is 5.88 Å². The maximum atomic E-state index is 10.9. The van der Waals surface area contributed by atoms with Gasteiger partial charge in [0, 0.05) is 23.7 Å². The zero-order valence-electron chi connectivity index (χ0n) is 10.3. The van der Waals surface area contributed by atoms with Crippen LogP contribution in [0.1, 0.15) is 31.7 Å². The van der Waals surface area contributed by atoms with Gasteiger partial charge in [-0.3, -0.25) is 4.79 Å². The van der Waals surface area contributed by atoms with Gasteiger partial charge in [0.1, 0.15) is 0 Å². The molecule has 0 fully saturated rings. The third kappa shape index (κ3) is 3.71. The first-order valence-electron chi connectivity index (χ1n) is 5.35. The van der Waals surface area contributed by atoms with Crippen LogP contribution >= 0.6 is 0 Å². The number of ether oxygens (including phenoxy) is 1. The summed E-state index contributed by atoms with van der Waals surface area (Å²) in [6.07, 6.45) is 1.60. The summed E-state index contributed by atoms with van der Waals surface area (Å²) in [6.45, 7) is 3.62. The van der Waals surface area contributed by atoms with E-state index in [0.29, 0.717) is 5.88 Å². The van der Waals surface area contributed by atoms with Crippen molar-refractivity contribution in [2.24, 2.45) is 5.73 Å². The Bertz CT molecular complexity index is 382. The normalized spacial score (nSPS) is 13.2. The molecule has 0 aliphatic carbocycles. The second-order valence-corrected chi connectivity index (χ2v) is 4.61. The molecule has 0 aromatic carbocycles. The molecule has 0 spiro atoms. The van der Waals surface area contributed by atoms with Gasteiger partial charge in [-0.05, 0) is 19.4 Å². The molecule has 5 heteroatoms. The minimum Gasteiger partial charge on any atom is -0.481 e. The molecular weight excluding hydrogens is 220 g/mol. The first-order chi connectivity index (χ1) is 7.84. The summed E-state index contributed by atoms with van der Waals surface area (Å²) < 4.78 is 4.96. The number of nitrogens with zero attached hydrogens (tertiary/aromatic N) is 1. The van der Waals surface area contributed by atoms with Crippen molar-refractivity contribution in [3.63, 3.8) is 0 Å². The van der Waals surface area contributed by atoms with Gasteiger partial charge in [0.25, 0.3) is 0 Å². The maximum Gasteiger partial charge on any atom is 0.304 e. The van der Waals surface area contributed by atoms with E-state index in [4.69, 9.17) is 15.6 Å². The molecule has 17 heavy (non-hydrogen) atoms. The first-order valence-corrected chi connectivity index (χ1v) is 5.35. The largest absolute Gasteiger partial charge is 0.481 e. The van der Waals surface area contributed by atoms with Gasteiger partial charge in [-0.15, -0.1) is 0 Å². The molecule has 0 aliphatic heterocycles. The van der Waals surface area contributed by atoms with Crippen molar-refractivity contribution in [1.82, 2.24) is 4.98 Å². The number of hydrogen-bond acceptors (Lipinski definition) is 4. The number of methoxy groups -OCH3 is 1. The highest BCUT2D eigenvalue weighted by atomic mass is 16.5. The highest BCUT2D eigenvalue weighted by molar-refractivity contribution is 5.68. The van der Waals surface area contributed by atoms with Gasteiger partial charge in [-0.2, -0.15) is 0 Å². The number of carboxylic acids is 1. The van der Waals surface area contributed by atoms with Gasteiger partial charge in [0.15, 0.2) is 0 Å². The topological polar surface area (TPSA) is 85.4 Å². The van der Waals surface area contributed by atoms with E-state index in [1.807, 2.05) is 13.8 Å². The molecule has 1 atom stereocenters. The maximum absolute atomic E-state index is 10.9. The number of pyridine rings is 1. The standard InChI is InChI=1S/C12H18N2O3/c1-12(2,13)9(6-11(15)16)8-4-5-10(17-3)14-7-8/h4-5,7,9H,6,13H2,1-3H3,(H,15,16). The second kappa shape index (κ2) is 5.14. The third-order valence-electron chi connectivity index (χ3n) is 2.65. The second-order valence-electron chi connectivity index (χ2n) is 4.61. The molecule has 0 amide bonds. The van der Waals surface area contributed by atoms with Crippen LogP contribution < -0.4 is 10.5 Å². The van der Waals surface area contributed by atoms with Crippen LogP contribution in [-0.2, 0) is 4.79 Å². The van der Waals surface area contributed by atoms with E-state index < -0.39 is 11.5 Å². The van der Waals surface area contributed by atoms with Crippen molar-refractivity contribution in [2.75, 3.05) is 7.11 Å². The monoisotopic (exact) mass is 238 g/mol. The fourth-order valence-corrected chi connectivity index (χ4v) is 1.70. The van der Waals surface area contributed by atoms with Crippen molar-refractivity contribution >= 4 is 5.97 Å². The SMILES string of the molecule is COc1ccc(C(CC(=O)O)C(C)(C)N)cn1. The Kier molecular flexibility index (Phi) is 4.07. The van der Waals surface area contributed by atoms with Gasteiger partial charge in [-0.25, -0.2) is 4.98 Å². The molecule has 1 unspecified atom stereocenters. The smallest absolute Gasteiger partial charge is 0.304 e. The summed E-state index contributed by atoms with van der Waals surface area (Å²) in [6, 6.07) is 3.50. The summed E-state index contributed by atoms with van der Waals surface area (Å²) in [7, 11) is 1.53. The van der Waals surface area contributed by atoms with Crippen molar-refractivity contribution < 1.29 is 14.6 Å². The summed E-state index contributed by atoms with van der Waals surface area (Å²) in [5.74, 6) is -0.652. The molecule has 0 saturated heterocycles. The number of carboxylic acid groups (broad SMARTS) is 1. The van der Waals surface area contributed by atoms with Crippen molar-refractivity contribution in [3.05, 3.63) is 23.9 Å². The van der Waals surface area contributed by atoms with Crippen molar-refractivity contribution in [1.29, 1.82) is 0 Å². The highest BCUT2D eigenvalue weighted by Crippen LogP contribution is 2.29. The molecule has 1 heterocycles. The molecule has 5 nitrogen and oxygen atoms in total. The molecule has 94 valence electrons. The molecule has 0 aliphatic rings. The molecule has 3 N–H and O–H groups in total. The Morgan fingerprint density at radius 2 is 2.24 bits per heavy atom. The molecular formula is C12H18N2O3. The summed E-state index contributed by atoms with van der Waals surface area (Å²) >= 11 is 0. The number of nitrogens with two attached hydrogens (primary N) is 1. The van der Waals surface area contributed by atoms with E-state index >= 15 is 0 Å². The lowest BCUT2D eigenvalue weighted by molar-refractivity contribution is -0.137. The minimum atomic E-state index is -0.871. The van der Waals surface area contributed by atoms with Gasteiger partial charge in [0.05, 0.1) is 13.5 Å². The molecule has 1 rings (SSSR count). The minimum absolute atomic E-state index is 0.0164. The fraction of sp³-hybridized carbons (Fsp3) is 0.500. The van der Waals surface area contributed by atoms with Crippen LogP contribution in [0.15, 0.2) is 18.3 Å². The van der Waals surface area contributed by atoms with E-state index in [2.05, 4.69) is 4.98 Å². The van der Waals surface area contributed by atoms with Gasteiger partial charge in [0.2, 0.25) is 5.88 Å². The predicted molar refractivity (Wildman–Crippen MR) is 64.0 cm³/mol. The van der Waals surface area contributed by atoms with Crippen LogP contribution in [-0.4, -0.2) is 28.7 Å². The average molecular weight is 238 g/mol. The lowest BCUT2D eigenvalue weighted by Crippen LogP contribution is -2.40. The number of carbonyl (C=O) groups is 1. The highest BCUT2D eigenvalue weighted by Gasteiger charge is 2.29. The molecule has 1 aromatic rings. The Morgan fingerprint density at radius 1 is 1.59 bits per heavy atom. The Morgan fingerprint density at radius 3 is 2.59 bits per heavy atom. The Labute approximate surface area is 101 Å². The molecule has 0 radical (unpaired) electrons. The van der Waals surface area contributed by atoms with Gasteiger partial charge >= 0.3 is 5.97 Å². The quantitative estimate of drug-likeness (QED) is 0.809. The molecule has 1 aromatic heterocycles. The van der Waals surface area contributed by atoms with E-state index in [1.165, 1.54) is 7.11 Å². The first kappa shape index (κ1) is 13.4. The predicted octanol–water partition coefficient (Wildman–Crippen LogP) is 1.39. The van der Waals surface area contributed by atoms with Crippen LogP contribution in [0.3, 0.4) is 0 Å². The molecule has 0 bridgehead atoms. The van der Waals surface area contributed by atoms with E-state index in [-0.39, 0.29) is 12.3 Å². The fourth-order valence-electron chi connectivity index (χ4n) is 1.70. The average Bonchev–Trinajstić information content (AvgIpc) is 2.24. The van der Waals surface area contributed by atoms with Crippen LogP contribution in [0.2, 0.25) is 0 Å². The number of aliphatic carboxylic acids is 1. The van der Waals surface area contributed by atoms with E-state index in [0.717, 1.165) is 5.56 Å². The lowest BCUT2D eigenvalue weighted by Gasteiger charge is -2.29. The third-order valence-corrected chi connectivity index (χ3v) is 2.65. The van der Waals surface area contributed by atoms with Crippen LogP contribution in [0.25, 0.3) is 0 Å². The van der Waals surface area contributed by atoms with Gasteiger partial charge in [-0.1, -0.05) is 6.07 Å². The van der Waals surface area contributed by atoms with Gasteiger partial charge < -0.3 is 15.6 Å². The Hall–Kier alpha value is -1.62. The summed E-state index contributed by atoms with van der Waals surface area (Å²) in [5.41, 5.74) is 6.20.